The third-order valence-corrected chi connectivity index (χ3v) is 5.31. The highest BCUT2D eigenvalue weighted by Gasteiger charge is 2.18. The standard InChI is InChI=1S/C24H22N4O2/c29-24(19-9-11-20(12-10-19)27-14-16-30-17-15-27)26-23-22(18-6-2-1-3-7-18)25-21-8-4-5-13-28(21)23/h1-13H,14-17H2,(H,26,29). The number of morpholine rings is 1. The first-order chi connectivity index (χ1) is 14.8. The first-order valence-electron chi connectivity index (χ1n) is 10.1. The van der Waals surface area contributed by atoms with E-state index in [-0.39, 0.29) is 5.91 Å². The zero-order valence-corrected chi connectivity index (χ0v) is 16.5. The van der Waals surface area contributed by atoms with Crippen LogP contribution in [0, 0.1) is 0 Å². The van der Waals surface area contributed by atoms with Crippen LogP contribution >= 0.6 is 0 Å². The van der Waals surface area contributed by atoms with Crippen molar-refractivity contribution in [2.75, 3.05) is 36.5 Å². The van der Waals surface area contributed by atoms with E-state index in [1.54, 1.807) is 0 Å². The topological polar surface area (TPSA) is 58.9 Å². The molecule has 2 aromatic heterocycles. The summed E-state index contributed by atoms with van der Waals surface area (Å²) in [6.07, 6.45) is 1.91. The third kappa shape index (κ3) is 3.53. The molecule has 150 valence electrons. The van der Waals surface area contributed by atoms with Crippen LogP contribution in [0.1, 0.15) is 10.4 Å². The Bertz CT molecular complexity index is 1160. The molecule has 5 rings (SSSR count). The maximum atomic E-state index is 13.0. The van der Waals surface area contributed by atoms with Gasteiger partial charge >= 0.3 is 0 Å². The number of hydrogen-bond acceptors (Lipinski definition) is 4. The van der Waals surface area contributed by atoms with Crippen LogP contribution in [-0.4, -0.2) is 41.6 Å². The van der Waals surface area contributed by atoms with Crippen LogP contribution in [-0.2, 0) is 4.74 Å². The van der Waals surface area contributed by atoms with Crippen molar-refractivity contribution in [1.29, 1.82) is 0 Å². The number of benzene rings is 2. The van der Waals surface area contributed by atoms with Crippen molar-refractivity contribution in [2.24, 2.45) is 0 Å². The predicted octanol–water partition coefficient (Wildman–Crippen LogP) is 4.09. The summed E-state index contributed by atoms with van der Waals surface area (Å²) in [6, 6.07) is 23.4. The predicted molar refractivity (Wildman–Crippen MR) is 118 cm³/mol. The Hall–Kier alpha value is -3.64. The molecule has 1 amide bonds. The molecule has 0 spiro atoms. The molecule has 0 saturated carbocycles. The van der Waals surface area contributed by atoms with Gasteiger partial charge in [-0.3, -0.25) is 9.20 Å². The summed E-state index contributed by atoms with van der Waals surface area (Å²) in [6.45, 7) is 3.21. The number of nitrogens with zero attached hydrogens (tertiary/aromatic N) is 3. The second kappa shape index (κ2) is 8.00. The number of rotatable bonds is 4. The summed E-state index contributed by atoms with van der Waals surface area (Å²) in [5.41, 5.74) is 4.21. The van der Waals surface area contributed by atoms with Crippen molar-refractivity contribution in [1.82, 2.24) is 9.38 Å². The molecule has 2 aromatic carbocycles. The van der Waals surface area contributed by atoms with Gasteiger partial charge in [0.15, 0.2) is 0 Å². The molecule has 0 bridgehead atoms. The van der Waals surface area contributed by atoms with Gasteiger partial charge in [-0.25, -0.2) is 4.98 Å². The fourth-order valence-corrected chi connectivity index (χ4v) is 3.74. The molecule has 0 atom stereocenters. The van der Waals surface area contributed by atoms with Gasteiger partial charge in [0.05, 0.1) is 13.2 Å². The van der Waals surface area contributed by atoms with Crippen molar-refractivity contribution in [2.45, 2.75) is 0 Å². The lowest BCUT2D eigenvalue weighted by molar-refractivity contribution is 0.102. The summed E-state index contributed by atoms with van der Waals surface area (Å²) in [5.74, 6) is 0.505. The third-order valence-electron chi connectivity index (χ3n) is 5.31. The summed E-state index contributed by atoms with van der Waals surface area (Å²) in [4.78, 5) is 20.0. The molecule has 1 fully saturated rings. The van der Waals surface area contributed by atoms with E-state index in [0.717, 1.165) is 48.9 Å². The lowest BCUT2D eigenvalue weighted by atomic mass is 10.1. The molecule has 4 aromatic rings. The Kier molecular flexibility index (Phi) is 4.91. The SMILES string of the molecule is O=C(Nc1c(-c2ccccc2)nc2ccccn12)c1ccc(N2CCOCC2)cc1. The lowest BCUT2D eigenvalue weighted by Crippen LogP contribution is -2.36. The van der Waals surface area contributed by atoms with Gasteiger partial charge in [-0.2, -0.15) is 0 Å². The quantitative estimate of drug-likeness (QED) is 0.563. The highest BCUT2D eigenvalue weighted by atomic mass is 16.5. The van der Waals surface area contributed by atoms with Gasteiger partial charge in [-0.15, -0.1) is 0 Å². The second-order valence-corrected chi connectivity index (χ2v) is 7.20. The lowest BCUT2D eigenvalue weighted by Gasteiger charge is -2.28. The maximum Gasteiger partial charge on any atom is 0.256 e. The fourth-order valence-electron chi connectivity index (χ4n) is 3.74. The molecule has 0 unspecified atom stereocenters. The van der Waals surface area contributed by atoms with Crippen molar-refractivity contribution in [3.8, 4) is 11.3 Å². The van der Waals surface area contributed by atoms with Crippen LogP contribution in [0.2, 0.25) is 0 Å². The molecule has 6 heteroatoms. The van der Waals surface area contributed by atoms with E-state index in [1.165, 1.54) is 0 Å². The molecule has 1 N–H and O–H groups in total. The van der Waals surface area contributed by atoms with E-state index in [9.17, 15) is 4.79 Å². The summed E-state index contributed by atoms with van der Waals surface area (Å²) < 4.78 is 7.32. The number of carbonyl (C=O) groups is 1. The van der Waals surface area contributed by atoms with Crippen molar-refractivity contribution in [3.05, 3.63) is 84.6 Å². The van der Waals surface area contributed by atoms with Crippen molar-refractivity contribution >= 4 is 23.1 Å². The van der Waals surface area contributed by atoms with Gasteiger partial charge in [0.1, 0.15) is 17.2 Å². The maximum absolute atomic E-state index is 13.0. The monoisotopic (exact) mass is 398 g/mol. The number of imidazole rings is 1. The van der Waals surface area contributed by atoms with Gasteiger partial charge in [-0.05, 0) is 36.4 Å². The first kappa shape index (κ1) is 18.4. The average Bonchev–Trinajstić information content (AvgIpc) is 3.19. The molecule has 3 heterocycles. The Labute approximate surface area is 174 Å². The van der Waals surface area contributed by atoms with Crippen LogP contribution in [0.3, 0.4) is 0 Å². The number of pyridine rings is 1. The largest absolute Gasteiger partial charge is 0.378 e. The van der Waals surface area contributed by atoms with Crippen LogP contribution in [0.4, 0.5) is 11.5 Å². The van der Waals surface area contributed by atoms with Crippen LogP contribution in [0.15, 0.2) is 79.0 Å². The Morgan fingerprint density at radius 3 is 2.40 bits per heavy atom. The number of ether oxygens (including phenoxy) is 1. The molecule has 0 radical (unpaired) electrons. The Morgan fingerprint density at radius 2 is 1.63 bits per heavy atom. The molecular weight excluding hydrogens is 376 g/mol. The number of carbonyl (C=O) groups excluding carboxylic acids is 1. The number of nitrogens with one attached hydrogen (secondary N) is 1. The minimum Gasteiger partial charge on any atom is -0.378 e. The normalized spacial score (nSPS) is 14.1. The van der Waals surface area contributed by atoms with Crippen LogP contribution in [0.5, 0.6) is 0 Å². The highest BCUT2D eigenvalue weighted by Crippen LogP contribution is 2.29. The number of amides is 1. The first-order valence-corrected chi connectivity index (χ1v) is 10.1. The molecule has 1 saturated heterocycles. The van der Waals surface area contributed by atoms with Gasteiger partial charge in [-0.1, -0.05) is 36.4 Å². The van der Waals surface area contributed by atoms with E-state index in [1.807, 2.05) is 83.4 Å². The van der Waals surface area contributed by atoms with Gasteiger partial charge in [0.25, 0.3) is 5.91 Å². The average molecular weight is 398 g/mol. The molecule has 30 heavy (non-hydrogen) atoms. The highest BCUT2D eigenvalue weighted by molar-refractivity contribution is 6.06. The van der Waals surface area contributed by atoms with Gasteiger partial charge in [0.2, 0.25) is 0 Å². The summed E-state index contributed by atoms with van der Waals surface area (Å²) in [7, 11) is 0. The van der Waals surface area contributed by atoms with E-state index in [0.29, 0.717) is 11.4 Å². The van der Waals surface area contributed by atoms with E-state index < -0.39 is 0 Å². The van der Waals surface area contributed by atoms with E-state index >= 15 is 0 Å². The smallest absolute Gasteiger partial charge is 0.256 e. The molecule has 6 nitrogen and oxygen atoms in total. The number of anilines is 2. The molecule has 1 aliphatic heterocycles. The zero-order chi connectivity index (χ0) is 20.3. The Morgan fingerprint density at radius 1 is 0.900 bits per heavy atom. The molecule has 1 aliphatic rings. The van der Waals surface area contributed by atoms with Crippen molar-refractivity contribution in [3.63, 3.8) is 0 Å². The van der Waals surface area contributed by atoms with Gasteiger partial charge in [0, 0.05) is 36.1 Å². The second-order valence-electron chi connectivity index (χ2n) is 7.20. The summed E-state index contributed by atoms with van der Waals surface area (Å²) in [5, 5.41) is 3.08. The van der Waals surface area contributed by atoms with Crippen LogP contribution < -0.4 is 10.2 Å². The zero-order valence-electron chi connectivity index (χ0n) is 16.5. The number of aromatic nitrogens is 2. The Balaban J connectivity index is 1.44. The molecule has 0 aliphatic carbocycles. The minimum absolute atomic E-state index is 0.161. The minimum atomic E-state index is -0.161. The molecular formula is C24H22N4O2. The van der Waals surface area contributed by atoms with E-state index in [4.69, 9.17) is 9.72 Å². The van der Waals surface area contributed by atoms with E-state index in [2.05, 4.69) is 10.2 Å². The van der Waals surface area contributed by atoms with Gasteiger partial charge < -0.3 is 15.0 Å². The number of fused-ring (bicyclic) bond motifs is 1. The van der Waals surface area contributed by atoms with Crippen molar-refractivity contribution < 1.29 is 9.53 Å². The van der Waals surface area contributed by atoms with Crippen LogP contribution in [0.25, 0.3) is 16.9 Å². The summed E-state index contributed by atoms with van der Waals surface area (Å²) >= 11 is 0. The fraction of sp³-hybridized carbons (Fsp3) is 0.167. The number of hydrogen-bond donors (Lipinski definition) is 1.